The third-order valence-corrected chi connectivity index (χ3v) is 2.71. The molecule has 0 spiro atoms. The quantitative estimate of drug-likeness (QED) is 0.638. The van der Waals surface area contributed by atoms with Crippen molar-refractivity contribution in [1.29, 1.82) is 0 Å². The molecule has 0 bridgehead atoms. The number of aryl methyl sites for hydroxylation is 1. The Hall–Kier alpha value is -1.66. The van der Waals surface area contributed by atoms with E-state index in [2.05, 4.69) is 5.43 Å². The molecule has 17 heavy (non-hydrogen) atoms. The monoisotopic (exact) mass is 237 g/mol. The van der Waals surface area contributed by atoms with Crippen LogP contribution in [-0.2, 0) is 4.74 Å². The third kappa shape index (κ3) is 2.72. The SMILES string of the molecule is Cc1cccc(NN2CCOCC2)c1[N+](=O)[O-]. The standard InChI is InChI=1S/C11H15N3O3/c1-9-3-2-4-10(11(9)14(15)16)12-13-5-7-17-8-6-13/h2-4,12H,5-8H2,1H3. The van der Waals surface area contributed by atoms with E-state index in [0.717, 1.165) is 13.1 Å². The van der Waals surface area contributed by atoms with E-state index in [-0.39, 0.29) is 10.6 Å². The van der Waals surface area contributed by atoms with E-state index in [0.29, 0.717) is 24.5 Å². The van der Waals surface area contributed by atoms with Crippen molar-refractivity contribution in [2.45, 2.75) is 6.92 Å². The fraction of sp³-hybridized carbons (Fsp3) is 0.455. The number of hydrogen-bond donors (Lipinski definition) is 1. The number of ether oxygens (including phenoxy) is 1. The second-order valence-electron chi connectivity index (χ2n) is 3.94. The van der Waals surface area contributed by atoms with Gasteiger partial charge in [-0.05, 0) is 13.0 Å². The van der Waals surface area contributed by atoms with Crippen molar-refractivity contribution < 1.29 is 9.66 Å². The van der Waals surface area contributed by atoms with Gasteiger partial charge in [-0.15, -0.1) is 0 Å². The van der Waals surface area contributed by atoms with Gasteiger partial charge in [-0.3, -0.25) is 10.1 Å². The Morgan fingerprint density at radius 3 is 2.76 bits per heavy atom. The van der Waals surface area contributed by atoms with Crippen LogP contribution in [0.15, 0.2) is 18.2 Å². The van der Waals surface area contributed by atoms with Crippen LogP contribution in [0.3, 0.4) is 0 Å². The van der Waals surface area contributed by atoms with Crippen molar-refractivity contribution in [2.75, 3.05) is 31.7 Å². The molecule has 92 valence electrons. The van der Waals surface area contributed by atoms with E-state index in [9.17, 15) is 10.1 Å². The Bertz CT molecular complexity index is 416. The van der Waals surface area contributed by atoms with Gasteiger partial charge in [0, 0.05) is 18.7 Å². The molecule has 1 fully saturated rings. The number of anilines is 1. The van der Waals surface area contributed by atoms with Crippen molar-refractivity contribution in [3.05, 3.63) is 33.9 Å². The number of morpholine rings is 1. The van der Waals surface area contributed by atoms with E-state index in [1.165, 1.54) is 0 Å². The number of nitro benzene ring substituents is 1. The second kappa shape index (κ2) is 5.11. The predicted octanol–water partition coefficient (Wildman–Crippen LogP) is 1.56. The van der Waals surface area contributed by atoms with Gasteiger partial charge in [0.2, 0.25) is 0 Å². The van der Waals surface area contributed by atoms with Gasteiger partial charge < -0.3 is 10.2 Å². The van der Waals surface area contributed by atoms with E-state index >= 15 is 0 Å². The molecule has 0 atom stereocenters. The lowest BCUT2D eigenvalue weighted by Gasteiger charge is -2.27. The summed E-state index contributed by atoms with van der Waals surface area (Å²) < 4.78 is 5.22. The van der Waals surface area contributed by atoms with E-state index in [4.69, 9.17) is 4.74 Å². The molecule has 1 aliphatic rings. The molecule has 6 heteroatoms. The maximum atomic E-state index is 11.0. The number of nitro groups is 1. The van der Waals surface area contributed by atoms with Crippen LogP contribution < -0.4 is 5.43 Å². The summed E-state index contributed by atoms with van der Waals surface area (Å²) in [5, 5.41) is 12.9. The van der Waals surface area contributed by atoms with Crippen LogP contribution >= 0.6 is 0 Å². The first-order valence-electron chi connectivity index (χ1n) is 5.52. The minimum Gasteiger partial charge on any atom is -0.379 e. The van der Waals surface area contributed by atoms with Crippen LogP contribution in [0, 0.1) is 17.0 Å². The maximum Gasteiger partial charge on any atom is 0.296 e. The Kier molecular flexibility index (Phi) is 3.55. The lowest BCUT2D eigenvalue weighted by Crippen LogP contribution is -2.40. The van der Waals surface area contributed by atoms with Gasteiger partial charge in [0.15, 0.2) is 0 Å². The van der Waals surface area contributed by atoms with E-state index in [1.807, 2.05) is 11.1 Å². The molecule has 0 aliphatic carbocycles. The molecule has 0 saturated carbocycles. The fourth-order valence-electron chi connectivity index (χ4n) is 1.84. The van der Waals surface area contributed by atoms with Gasteiger partial charge in [0.1, 0.15) is 5.69 Å². The molecule has 0 aromatic heterocycles. The van der Waals surface area contributed by atoms with Gasteiger partial charge in [0.25, 0.3) is 5.69 Å². The Balaban J connectivity index is 2.19. The first-order valence-corrected chi connectivity index (χ1v) is 5.52. The topological polar surface area (TPSA) is 67.6 Å². The Morgan fingerprint density at radius 1 is 1.41 bits per heavy atom. The third-order valence-electron chi connectivity index (χ3n) is 2.71. The van der Waals surface area contributed by atoms with Crippen molar-refractivity contribution in [3.8, 4) is 0 Å². The first kappa shape index (κ1) is 11.8. The number of hydrogen-bond acceptors (Lipinski definition) is 5. The molecule has 1 aliphatic heterocycles. The van der Waals surface area contributed by atoms with Gasteiger partial charge in [-0.2, -0.15) is 0 Å². The summed E-state index contributed by atoms with van der Waals surface area (Å²) in [7, 11) is 0. The number of hydrazine groups is 1. The molecule has 1 aromatic rings. The average Bonchev–Trinajstić information content (AvgIpc) is 2.30. The van der Waals surface area contributed by atoms with Crippen molar-refractivity contribution in [2.24, 2.45) is 0 Å². The molecule has 1 saturated heterocycles. The number of rotatable bonds is 3. The lowest BCUT2D eigenvalue weighted by molar-refractivity contribution is -0.384. The molecule has 2 rings (SSSR count). The highest BCUT2D eigenvalue weighted by atomic mass is 16.6. The zero-order valence-electron chi connectivity index (χ0n) is 9.68. The van der Waals surface area contributed by atoms with Crippen LogP contribution in [0.1, 0.15) is 5.56 Å². The number of nitrogens with one attached hydrogen (secondary N) is 1. The average molecular weight is 237 g/mol. The molecule has 1 heterocycles. The van der Waals surface area contributed by atoms with Gasteiger partial charge in [-0.1, -0.05) is 12.1 Å². The highest BCUT2D eigenvalue weighted by molar-refractivity contribution is 5.64. The van der Waals surface area contributed by atoms with Crippen molar-refractivity contribution in [1.82, 2.24) is 5.01 Å². The molecule has 1 N–H and O–H groups in total. The summed E-state index contributed by atoms with van der Waals surface area (Å²) in [6.07, 6.45) is 0. The number of para-hydroxylation sites is 1. The maximum absolute atomic E-state index is 11.0. The number of benzene rings is 1. The van der Waals surface area contributed by atoms with Gasteiger partial charge in [-0.25, -0.2) is 5.01 Å². The molecule has 1 aromatic carbocycles. The Morgan fingerprint density at radius 2 is 2.12 bits per heavy atom. The summed E-state index contributed by atoms with van der Waals surface area (Å²) in [6.45, 7) is 4.48. The predicted molar refractivity (Wildman–Crippen MR) is 63.8 cm³/mol. The van der Waals surface area contributed by atoms with Crippen LogP contribution in [0.5, 0.6) is 0 Å². The molecule has 0 radical (unpaired) electrons. The summed E-state index contributed by atoms with van der Waals surface area (Å²) in [6, 6.07) is 5.27. The summed E-state index contributed by atoms with van der Waals surface area (Å²) in [5.41, 5.74) is 4.42. The minimum atomic E-state index is -0.349. The molecular formula is C11H15N3O3. The lowest BCUT2D eigenvalue weighted by atomic mass is 10.2. The molecular weight excluding hydrogens is 222 g/mol. The van der Waals surface area contributed by atoms with Crippen LogP contribution in [0.2, 0.25) is 0 Å². The molecule has 0 amide bonds. The van der Waals surface area contributed by atoms with Gasteiger partial charge >= 0.3 is 0 Å². The smallest absolute Gasteiger partial charge is 0.296 e. The summed E-state index contributed by atoms with van der Waals surface area (Å²) >= 11 is 0. The highest BCUT2D eigenvalue weighted by Gasteiger charge is 2.19. The largest absolute Gasteiger partial charge is 0.379 e. The van der Waals surface area contributed by atoms with Crippen LogP contribution in [0.25, 0.3) is 0 Å². The number of nitrogens with zero attached hydrogens (tertiary/aromatic N) is 2. The van der Waals surface area contributed by atoms with Crippen molar-refractivity contribution >= 4 is 11.4 Å². The van der Waals surface area contributed by atoms with Crippen LogP contribution in [-0.4, -0.2) is 36.2 Å². The first-order chi connectivity index (χ1) is 8.18. The normalized spacial score (nSPS) is 16.8. The zero-order valence-corrected chi connectivity index (χ0v) is 9.68. The Labute approximate surface area is 99.3 Å². The summed E-state index contributed by atoms with van der Waals surface area (Å²) in [4.78, 5) is 10.7. The molecule has 0 unspecified atom stereocenters. The second-order valence-corrected chi connectivity index (χ2v) is 3.94. The molecule has 6 nitrogen and oxygen atoms in total. The van der Waals surface area contributed by atoms with Crippen molar-refractivity contribution in [3.63, 3.8) is 0 Å². The minimum absolute atomic E-state index is 0.138. The summed E-state index contributed by atoms with van der Waals surface area (Å²) in [5.74, 6) is 0. The van der Waals surface area contributed by atoms with E-state index < -0.39 is 0 Å². The van der Waals surface area contributed by atoms with Gasteiger partial charge in [0.05, 0.1) is 18.1 Å². The van der Waals surface area contributed by atoms with E-state index in [1.54, 1.807) is 19.1 Å². The fourth-order valence-corrected chi connectivity index (χ4v) is 1.84. The zero-order chi connectivity index (χ0) is 12.3. The van der Waals surface area contributed by atoms with Crippen LogP contribution in [0.4, 0.5) is 11.4 Å². The highest BCUT2D eigenvalue weighted by Crippen LogP contribution is 2.28.